The lowest BCUT2D eigenvalue weighted by Gasteiger charge is -2.29. The zero-order valence-electron chi connectivity index (χ0n) is 32.4. The van der Waals surface area contributed by atoms with Gasteiger partial charge in [-0.2, -0.15) is 0 Å². The summed E-state index contributed by atoms with van der Waals surface area (Å²) in [6.07, 6.45) is 22.2. The summed E-state index contributed by atoms with van der Waals surface area (Å²) in [4.78, 5) is 0. The molecule has 0 radical (unpaired) electrons. The molecule has 0 spiro atoms. The summed E-state index contributed by atoms with van der Waals surface area (Å²) in [5.41, 5.74) is 6.98. The quantitative estimate of drug-likeness (QED) is 0.106. The molecule has 1 heteroatoms. The second-order valence-electron chi connectivity index (χ2n) is 15.6. The molecule has 0 saturated heterocycles. The standard InChI is InChI=1S/C45H76O/c1-11-17-21-37(13-3)23-19-20-36(8)34-46-44-40(15-5)32-43(33-41(44)16-6)45(9,10)42-30-28-39(29-31-42)27-25-35(7)24-26-38(14-4)22-18-12-2/h28-33,35-38H,11-27,34H2,1-10H3. The highest BCUT2D eigenvalue weighted by molar-refractivity contribution is 5.50. The van der Waals surface area contributed by atoms with Crippen LogP contribution in [0.2, 0.25) is 0 Å². The highest BCUT2D eigenvalue weighted by Gasteiger charge is 2.26. The van der Waals surface area contributed by atoms with E-state index in [0.29, 0.717) is 5.92 Å². The first-order valence-corrected chi connectivity index (χ1v) is 20.0. The minimum Gasteiger partial charge on any atom is -0.493 e. The predicted octanol–water partition coefficient (Wildman–Crippen LogP) is 14.1. The first kappa shape index (κ1) is 40.4. The van der Waals surface area contributed by atoms with Gasteiger partial charge >= 0.3 is 0 Å². The zero-order chi connectivity index (χ0) is 34.0. The maximum atomic E-state index is 6.65. The number of benzene rings is 2. The summed E-state index contributed by atoms with van der Waals surface area (Å²) in [5.74, 6) is 4.39. The molecule has 4 unspecified atom stereocenters. The number of unbranched alkanes of at least 4 members (excludes halogenated alkanes) is 2. The number of aryl methyl sites for hydroxylation is 3. The van der Waals surface area contributed by atoms with E-state index in [1.807, 2.05) is 0 Å². The van der Waals surface area contributed by atoms with Crippen molar-refractivity contribution in [2.24, 2.45) is 23.7 Å². The first-order chi connectivity index (χ1) is 22.1. The third kappa shape index (κ3) is 13.4. The van der Waals surface area contributed by atoms with E-state index in [9.17, 15) is 0 Å². The first-order valence-electron chi connectivity index (χ1n) is 20.0. The minimum atomic E-state index is -0.0489. The monoisotopic (exact) mass is 633 g/mol. The summed E-state index contributed by atoms with van der Waals surface area (Å²) in [6.45, 7) is 24.4. The second kappa shape index (κ2) is 22.0. The molecule has 4 atom stereocenters. The molecule has 262 valence electrons. The van der Waals surface area contributed by atoms with E-state index in [-0.39, 0.29) is 5.41 Å². The maximum absolute atomic E-state index is 6.65. The third-order valence-electron chi connectivity index (χ3n) is 11.3. The number of hydrogen-bond donors (Lipinski definition) is 0. The van der Waals surface area contributed by atoms with Crippen molar-refractivity contribution < 1.29 is 4.74 Å². The van der Waals surface area contributed by atoms with Crippen LogP contribution in [0.5, 0.6) is 5.75 Å². The minimum absolute atomic E-state index is 0.0489. The number of rotatable bonds is 25. The van der Waals surface area contributed by atoms with Crippen molar-refractivity contribution in [2.45, 2.75) is 184 Å². The van der Waals surface area contributed by atoms with Crippen molar-refractivity contribution in [3.63, 3.8) is 0 Å². The van der Waals surface area contributed by atoms with Crippen molar-refractivity contribution in [2.75, 3.05) is 6.61 Å². The van der Waals surface area contributed by atoms with Gasteiger partial charge in [-0.1, -0.05) is 183 Å². The van der Waals surface area contributed by atoms with Gasteiger partial charge in [-0.3, -0.25) is 0 Å². The van der Waals surface area contributed by atoms with Crippen LogP contribution in [0, 0.1) is 23.7 Å². The largest absolute Gasteiger partial charge is 0.493 e. The van der Waals surface area contributed by atoms with Gasteiger partial charge < -0.3 is 4.74 Å². The third-order valence-corrected chi connectivity index (χ3v) is 11.3. The molecule has 0 aliphatic carbocycles. The lowest BCUT2D eigenvalue weighted by Crippen LogP contribution is -2.20. The van der Waals surface area contributed by atoms with Crippen LogP contribution in [0.1, 0.15) is 187 Å². The van der Waals surface area contributed by atoms with Crippen molar-refractivity contribution in [3.05, 3.63) is 64.2 Å². The Bertz CT molecular complexity index is 1040. The molecule has 0 heterocycles. The Morgan fingerprint density at radius 3 is 1.65 bits per heavy atom. The van der Waals surface area contributed by atoms with E-state index in [2.05, 4.69) is 106 Å². The number of hydrogen-bond acceptors (Lipinski definition) is 1. The van der Waals surface area contributed by atoms with Gasteiger partial charge in [-0.25, -0.2) is 0 Å². The molecule has 0 aromatic heterocycles. The topological polar surface area (TPSA) is 9.23 Å². The molecule has 0 aliphatic rings. The molecule has 0 N–H and O–H groups in total. The normalized spacial score (nSPS) is 14.7. The summed E-state index contributed by atoms with van der Waals surface area (Å²) < 4.78 is 6.65. The summed E-state index contributed by atoms with van der Waals surface area (Å²) in [7, 11) is 0. The summed E-state index contributed by atoms with van der Waals surface area (Å²) in [6, 6.07) is 14.5. The van der Waals surface area contributed by atoms with Crippen LogP contribution in [0.25, 0.3) is 0 Å². The average Bonchev–Trinajstić information content (AvgIpc) is 3.07. The van der Waals surface area contributed by atoms with Crippen molar-refractivity contribution in [1.82, 2.24) is 0 Å². The predicted molar refractivity (Wildman–Crippen MR) is 206 cm³/mol. The highest BCUT2D eigenvalue weighted by atomic mass is 16.5. The van der Waals surface area contributed by atoms with Gasteiger partial charge in [0.2, 0.25) is 0 Å². The Kier molecular flexibility index (Phi) is 19.3. The van der Waals surface area contributed by atoms with Crippen LogP contribution in [-0.4, -0.2) is 6.61 Å². The van der Waals surface area contributed by atoms with E-state index >= 15 is 0 Å². The van der Waals surface area contributed by atoms with E-state index in [0.717, 1.165) is 43.0 Å². The molecule has 46 heavy (non-hydrogen) atoms. The van der Waals surface area contributed by atoms with Gasteiger partial charge in [0, 0.05) is 5.41 Å². The van der Waals surface area contributed by atoms with Gasteiger partial charge in [0.1, 0.15) is 5.75 Å². The fourth-order valence-corrected chi connectivity index (χ4v) is 7.31. The van der Waals surface area contributed by atoms with Crippen LogP contribution >= 0.6 is 0 Å². The van der Waals surface area contributed by atoms with Crippen LogP contribution in [-0.2, 0) is 24.7 Å². The molecule has 0 saturated carbocycles. The van der Waals surface area contributed by atoms with Crippen molar-refractivity contribution >= 4 is 0 Å². The second-order valence-corrected chi connectivity index (χ2v) is 15.6. The lowest BCUT2D eigenvalue weighted by atomic mass is 9.76. The van der Waals surface area contributed by atoms with E-state index in [1.54, 1.807) is 0 Å². The lowest BCUT2D eigenvalue weighted by molar-refractivity contribution is 0.241. The smallest absolute Gasteiger partial charge is 0.125 e. The van der Waals surface area contributed by atoms with Gasteiger partial charge in [0.15, 0.2) is 0 Å². The molecule has 0 amide bonds. The Labute approximate surface area is 288 Å². The van der Waals surface area contributed by atoms with E-state index in [1.165, 1.54) is 124 Å². The molecule has 0 aliphatic heterocycles. The van der Waals surface area contributed by atoms with Crippen molar-refractivity contribution in [3.8, 4) is 5.75 Å². The molecule has 0 fully saturated rings. The van der Waals surface area contributed by atoms with E-state index in [4.69, 9.17) is 4.74 Å². The average molecular weight is 633 g/mol. The zero-order valence-corrected chi connectivity index (χ0v) is 32.4. The Morgan fingerprint density at radius 1 is 0.587 bits per heavy atom. The molecule has 2 rings (SSSR count). The van der Waals surface area contributed by atoms with E-state index < -0.39 is 0 Å². The summed E-state index contributed by atoms with van der Waals surface area (Å²) in [5, 5.41) is 0. The fourth-order valence-electron chi connectivity index (χ4n) is 7.31. The van der Waals surface area contributed by atoms with Gasteiger partial charge in [0.25, 0.3) is 0 Å². The Hall–Kier alpha value is -1.76. The van der Waals surface area contributed by atoms with Crippen LogP contribution in [0.3, 0.4) is 0 Å². The number of ether oxygens (including phenoxy) is 1. The SMILES string of the molecule is CCCCC(CC)CCCC(C)COc1c(CC)cc(C(C)(C)c2ccc(CCC(C)CCC(CC)CCCC)cc2)cc1CC. The molecular weight excluding hydrogens is 556 g/mol. The molecular formula is C45H76O. The molecule has 1 nitrogen and oxygen atoms in total. The van der Waals surface area contributed by atoms with Crippen LogP contribution in [0.15, 0.2) is 36.4 Å². The van der Waals surface area contributed by atoms with Gasteiger partial charge in [-0.05, 0) is 83.6 Å². The molecule has 2 aromatic rings. The Morgan fingerprint density at radius 2 is 1.13 bits per heavy atom. The Balaban J connectivity index is 2.01. The maximum Gasteiger partial charge on any atom is 0.125 e. The van der Waals surface area contributed by atoms with Gasteiger partial charge in [-0.15, -0.1) is 0 Å². The van der Waals surface area contributed by atoms with Crippen LogP contribution < -0.4 is 4.74 Å². The fraction of sp³-hybridized carbons (Fsp3) is 0.733. The van der Waals surface area contributed by atoms with Crippen LogP contribution in [0.4, 0.5) is 0 Å². The highest BCUT2D eigenvalue weighted by Crippen LogP contribution is 2.37. The molecule has 0 bridgehead atoms. The van der Waals surface area contributed by atoms with Crippen molar-refractivity contribution in [1.29, 1.82) is 0 Å². The van der Waals surface area contributed by atoms with Gasteiger partial charge in [0.05, 0.1) is 6.61 Å². The molecule has 2 aromatic carbocycles. The summed E-state index contributed by atoms with van der Waals surface area (Å²) >= 11 is 0.